The van der Waals surface area contributed by atoms with Crippen molar-refractivity contribution in [1.82, 2.24) is 9.78 Å². The van der Waals surface area contributed by atoms with Gasteiger partial charge in [0.1, 0.15) is 12.4 Å². The Bertz CT molecular complexity index is 1010. The van der Waals surface area contributed by atoms with E-state index < -0.39 is 5.97 Å². The molecule has 0 spiro atoms. The second-order valence-electron chi connectivity index (χ2n) is 6.04. The van der Waals surface area contributed by atoms with Crippen molar-refractivity contribution < 1.29 is 14.3 Å². The Morgan fingerprint density at radius 3 is 2.48 bits per heavy atom. The fourth-order valence-corrected chi connectivity index (χ4v) is 2.88. The number of fused-ring (bicyclic) bond motifs is 1. The molecule has 1 aromatic heterocycles. The molecule has 6 heteroatoms. The summed E-state index contributed by atoms with van der Waals surface area (Å²) in [7, 11) is 0. The van der Waals surface area contributed by atoms with E-state index in [-0.39, 0.29) is 17.9 Å². The van der Waals surface area contributed by atoms with E-state index in [0.29, 0.717) is 29.7 Å². The van der Waals surface area contributed by atoms with Crippen molar-refractivity contribution in [2.45, 2.75) is 33.4 Å². The summed E-state index contributed by atoms with van der Waals surface area (Å²) in [6, 6.07) is 14.4. The zero-order valence-electron chi connectivity index (χ0n) is 15.5. The topological polar surface area (TPSA) is 70.4 Å². The molecule has 0 fully saturated rings. The molecule has 6 nitrogen and oxygen atoms in total. The van der Waals surface area contributed by atoms with E-state index in [1.807, 2.05) is 38.1 Å². The van der Waals surface area contributed by atoms with Crippen molar-refractivity contribution in [1.29, 1.82) is 0 Å². The lowest BCUT2D eigenvalue weighted by Crippen LogP contribution is -2.26. The Labute approximate surface area is 157 Å². The number of aromatic nitrogens is 2. The molecule has 0 saturated heterocycles. The zero-order chi connectivity index (χ0) is 19.2. The lowest BCUT2D eigenvalue weighted by atomic mass is 10.1. The Morgan fingerprint density at radius 1 is 1.04 bits per heavy atom. The Morgan fingerprint density at radius 2 is 1.74 bits per heavy atom. The van der Waals surface area contributed by atoms with Gasteiger partial charge in [-0.25, -0.2) is 9.48 Å². The van der Waals surface area contributed by atoms with Crippen molar-refractivity contribution in [3.63, 3.8) is 0 Å². The normalized spacial score (nSPS) is 10.7. The summed E-state index contributed by atoms with van der Waals surface area (Å²) in [6.45, 7) is 4.88. The summed E-state index contributed by atoms with van der Waals surface area (Å²) in [5.74, 6) is 0.115. The zero-order valence-corrected chi connectivity index (χ0v) is 15.5. The fourth-order valence-electron chi connectivity index (χ4n) is 2.88. The molecule has 27 heavy (non-hydrogen) atoms. The minimum Gasteiger partial charge on any atom is -0.493 e. The SMILES string of the molecule is CCCn1nc(C(=O)OCc2ccccc2OCC)c2ccccc2c1=O. The molecule has 140 valence electrons. The molecule has 0 amide bonds. The predicted octanol–water partition coefficient (Wildman–Crippen LogP) is 3.56. The maximum absolute atomic E-state index is 12.7. The number of rotatable bonds is 7. The van der Waals surface area contributed by atoms with Crippen LogP contribution < -0.4 is 10.3 Å². The molecular weight excluding hydrogens is 344 g/mol. The van der Waals surface area contributed by atoms with Crippen molar-refractivity contribution >= 4 is 16.7 Å². The molecule has 1 heterocycles. The summed E-state index contributed by atoms with van der Waals surface area (Å²) in [5, 5.41) is 5.22. The van der Waals surface area contributed by atoms with Crippen LogP contribution in [-0.2, 0) is 17.9 Å². The number of hydrogen-bond donors (Lipinski definition) is 0. The van der Waals surface area contributed by atoms with Gasteiger partial charge in [-0.15, -0.1) is 0 Å². The van der Waals surface area contributed by atoms with Crippen molar-refractivity contribution in [2.24, 2.45) is 0 Å². The van der Waals surface area contributed by atoms with Crippen LogP contribution in [0.1, 0.15) is 36.3 Å². The lowest BCUT2D eigenvalue weighted by Gasteiger charge is -2.12. The first-order chi connectivity index (χ1) is 13.2. The third-order valence-corrected chi connectivity index (χ3v) is 4.13. The highest BCUT2D eigenvalue weighted by molar-refractivity contribution is 6.02. The van der Waals surface area contributed by atoms with E-state index in [0.717, 1.165) is 12.0 Å². The summed E-state index contributed by atoms with van der Waals surface area (Å²) in [4.78, 5) is 25.2. The average Bonchev–Trinajstić information content (AvgIpc) is 2.69. The molecule has 0 aliphatic carbocycles. The molecule has 0 bridgehead atoms. The number of carbonyl (C=O) groups is 1. The fraction of sp³-hybridized carbons (Fsp3) is 0.286. The molecule has 0 N–H and O–H groups in total. The van der Waals surface area contributed by atoms with Crippen LogP contribution in [0.5, 0.6) is 5.75 Å². The van der Waals surface area contributed by atoms with Gasteiger partial charge in [-0.2, -0.15) is 5.10 Å². The number of benzene rings is 2. The average molecular weight is 366 g/mol. The second-order valence-corrected chi connectivity index (χ2v) is 6.04. The Kier molecular flexibility index (Phi) is 5.86. The predicted molar refractivity (Wildman–Crippen MR) is 103 cm³/mol. The lowest BCUT2D eigenvalue weighted by molar-refractivity contribution is 0.0462. The highest BCUT2D eigenvalue weighted by atomic mass is 16.5. The van der Waals surface area contributed by atoms with Gasteiger partial charge in [0.2, 0.25) is 0 Å². The van der Waals surface area contributed by atoms with Gasteiger partial charge >= 0.3 is 5.97 Å². The van der Waals surface area contributed by atoms with Gasteiger partial charge in [-0.1, -0.05) is 43.3 Å². The second kappa shape index (κ2) is 8.49. The first-order valence-corrected chi connectivity index (χ1v) is 9.03. The molecule has 0 unspecified atom stereocenters. The molecule has 0 aliphatic rings. The number of aryl methyl sites for hydroxylation is 1. The largest absolute Gasteiger partial charge is 0.493 e. The molecular formula is C21H22N2O4. The highest BCUT2D eigenvalue weighted by Gasteiger charge is 2.18. The maximum atomic E-state index is 12.7. The van der Waals surface area contributed by atoms with Crippen molar-refractivity contribution in [2.75, 3.05) is 6.61 Å². The summed E-state index contributed by atoms with van der Waals surface area (Å²) in [6.07, 6.45) is 0.738. The van der Waals surface area contributed by atoms with Crippen LogP contribution in [0.3, 0.4) is 0 Å². The molecule has 0 radical (unpaired) electrons. The maximum Gasteiger partial charge on any atom is 0.359 e. The summed E-state index contributed by atoms with van der Waals surface area (Å²) in [5.41, 5.74) is 0.720. The molecule has 0 atom stereocenters. The third kappa shape index (κ3) is 4.00. The number of ether oxygens (including phenoxy) is 2. The van der Waals surface area contributed by atoms with Crippen LogP contribution in [0.4, 0.5) is 0 Å². The summed E-state index contributed by atoms with van der Waals surface area (Å²) < 4.78 is 12.4. The van der Waals surface area contributed by atoms with E-state index in [1.165, 1.54) is 4.68 Å². The van der Waals surface area contributed by atoms with E-state index in [9.17, 15) is 9.59 Å². The smallest absolute Gasteiger partial charge is 0.359 e. The van der Waals surface area contributed by atoms with E-state index >= 15 is 0 Å². The van der Waals surface area contributed by atoms with Gasteiger partial charge in [0, 0.05) is 17.5 Å². The van der Waals surface area contributed by atoms with E-state index in [1.54, 1.807) is 24.3 Å². The number of hydrogen-bond acceptors (Lipinski definition) is 5. The monoisotopic (exact) mass is 366 g/mol. The molecule has 3 rings (SSSR count). The van der Waals surface area contributed by atoms with Crippen LogP contribution in [-0.4, -0.2) is 22.4 Å². The van der Waals surface area contributed by atoms with Crippen LogP contribution in [0.25, 0.3) is 10.8 Å². The van der Waals surface area contributed by atoms with Gasteiger partial charge in [0.15, 0.2) is 5.69 Å². The summed E-state index contributed by atoms with van der Waals surface area (Å²) >= 11 is 0. The molecule has 0 aliphatic heterocycles. The van der Waals surface area contributed by atoms with Gasteiger partial charge in [0.25, 0.3) is 5.56 Å². The van der Waals surface area contributed by atoms with Crippen LogP contribution in [0.15, 0.2) is 53.3 Å². The minimum absolute atomic E-state index is 0.0674. The molecule has 0 saturated carbocycles. The Balaban J connectivity index is 1.92. The minimum atomic E-state index is -0.567. The molecule has 3 aromatic rings. The van der Waals surface area contributed by atoms with Crippen LogP contribution in [0, 0.1) is 0 Å². The van der Waals surface area contributed by atoms with Crippen molar-refractivity contribution in [3.05, 3.63) is 70.1 Å². The third-order valence-electron chi connectivity index (χ3n) is 4.13. The standard InChI is InChI=1S/C21H22N2O4/c1-3-13-23-20(24)17-11-7-6-10-16(17)19(22-23)21(25)27-14-15-9-5-8-12-18(15)26-4-2/h5-12H,3-4,13-14H2,1-2H3. The first kappa shape index (κ1) is 18.6. The van der Waals surface area contributed by atoms with Gasteiger partial charge < -0.3 is 9.47 Å². The van der Waals surface area contributed by atoms with E-state index in [2.05, 4.69) is 5.10 Å². The number of nitrogens with zero attached hydrogens (tertiary/aromatic N) is 2. The number of esters is 1. The van der Waals surface area contributed by atoms with Gasteiger partial charge in [-0.3, -0.25) is 4.79 Å². The van der Waals surface area contributed by atoms with Crippen LogP contribution >= 0.6 is 0 Å². The number of carbonyl (C=O) groups excluding carboxylic acids is 1. The number of para-hydroxylation sites is 1. The quantitative estimate of drug-likeness (QED) is 0.598. The first-order valence-electron chi connectivity index (χ1n) is 9.03. The van der Waals surface area contributed by atoms with Gasteiger partial charge in [0.05, 0.1) is 12.0 Å². The van der Waals surface area contributed by atoms with Crippen molar-refractivity contribution in [3.8, 4) is 5.75 Å². The highest BCUT2D eigenvalue weighted by Crippen LogP contribution is 2.20. The molecule has 2 aromatic carbocycles. The van der Waals surface area contributed by atoms with Gasteiger partial charge in [-0.05, 0) is 25.5 Å². The van der Waals surface area contributed by atoms with Crippen LogP contribution in [0.2, 0.25) is 0 Å². The Hall–Kier alpha value is -3.15. The van der Waals surface area contributed by atoms with E-state index in [4.69, 9.17) is 9.47 Å².